The van der Waals surface area contributed by atoms with Gasteiger partial charge in [-0.25, -0.2) is 13.1 Å². The van der Waals surface area contributed by atoms with Crippen molar-refractivity contribution in [1.29, 1.82) is 0 Å². The molecule has 0 unspecified atom stereocenters. The van der Waals surface area contributed by atoms with E-state index in [0.717, 1.165) is 12.8 Å². The topological polar surface area (TPSA) is 95.6 Å². The van der Waals surface area contributed by atoms with E-state index in [1.54, 1.807) is 17.0 Å². The number of hydrogen-bond acceptors (Lipinski definition) is 4. The largest absolute Gasteiger partial charge is 0.349 e. The van der Waals surface area contributed by atoms with E-state index < -0.39 is 10.0 Å². The maximum Gasteiger partial charge on any atom is 0.251 e. The van der Waals surface area contributed by atoms with Crippen molar-refractivity contribution in [3.05, 3.63) is 42.5 Å². The number of rotatable bonds is 8. The second kappa shape index (κ2) is 8.77. The van der Waals surface area contributed by atoms with E-state index >= 15 is 0 Å². The van der Waals surface area contributed by atoms with Crippen LogP contribution in [0.1, 0.15) is 29.6 Å². The number of hydrogen-bond donors (Lipinski definition) is 2. The lowest BCUT2D eigenvalue weighted by molar-refractivity contribution is -0.133. The van der Waals surface area contributed by atoms with Crippen LogP contribution in [0.2, 0.25) is 0 Å². The molecule has 1 saturated heterocycles. The normalized spacial score (nSPS) is 15.0. The molecule has 136 valence electrons. The van der Waals surface area contributed by atoms with E-state index in [4.69, 9.17) is 0 Å². The van der Waals surface area contributed by atoms with Gasteiger partial charge in [-0.2, -0.15) is 0 Å². The Bertz CT molecular complexity index is 746. The average Bonchev–Trinajstić information content (AvgIpc) is 2.61. The monoisotopic (exact) mass is 365 g/mol. The first kappa shape index (κ1) is 19.1. The first-order valence-electron chi connectivity index (χ1n) is 8.20. The van der Waals surface area contributed by atoms with E-state index in [9.17, 15) is 18.0 Å². The maximum absolute atomic E-state index is 12.4. The number of amides is 2. The van der Waals surface area contributed by atoms with Gasteiger partial charge in [0.1, 0.15) is 0 Å². The van der Waals surface area contributed by atoms with Crippen LogP contribution >= 0.6 is 0 Å². The fourth-order valence-electron chi connectivity index (χ4n) is 2.57. The van der Waals surface area contributed by atoms with Crippen molar-refractivity contribution in [3.63, 3.8) is 0 Å². The lowest BCUT2D eigenvalue weighted by Crippen LogP contribution is -2.41. The summed E-state index contributed by atoms with van der Waals surface area (Å²) in [6.07, 6.45) is 3.90. The third kappa shape index (κ3) is 5.40. The summed E-state index contributed by atoms with van der Waals surface area (Å²) >= 11 is 0. The van der Waals surface area contributed by atoms with Gasteiger partial charge in [0.15, 0.2) is 0 Å². The predicted octanol–water partition coefficient (Wildman–Crippen LogP) is 0.893. The Labute approximate surface area is 148 Å². The number of benzene rings is 1. The van der Waals surface area contributed by atoms with E-state index in [1.807, 2.05) is 0 Å². The lowest BCUT2D eigenvalue weighted by Gasteiger charge is -2.26. The minimum atomic E-state index is -3.74. The number of carbonyl (C=O) groups excluding carboxylic acids is 2. The van der Waals surface area contributed by atoms with E-state index in [-0.39, 0.29) is 28.8 Å². The highest BCUT2D eigenvalue weighted by Gasteiger charge is 2.20. The van der Waals surface area contributed by atoms with Crippen LogP contribution in [0, 0.1) is 0 Å². The molecule has 7 nitrogen and oxygen atoms in total. The lowest BCUT2D eigenvalue weighted by atomic mass is 10.1. The van der Waals surface area contributed by atoms with Gasteiger partial charge in [0.25, 0.3) is 5.91 Å². The van der Waals surface area contributed by atoms with Crippen LogP contribution in [0.3, 0.4) is 0 Å². The van der Waals surface area contributed by atoms with Gasteiger partial charge >= 0.3 is 0 Å². The van der Waals surface area contributed by atoms with Crippen molar-refractivity contribution in [1.82, 2.24) is 14.9 Å². The number of likely N-dealkylation sites (tertiary alicyclic amines) is 1. The number of sulfonamides is 1. The average molecular weight is 365 g/mol. The zero-order valence-corrected chi connectivity index (χ0v) is 14.8. The molecule has 0 atom stereocenters. The standard InChI is InChI=1S/C17H23N3O4S/c1-2-9-18-17(22)14-6-5-7-15(13-14)25(23,24)19-10-12-20-11-4-3-8-16(20)21/h2,5-7,13,19H,1,3-4,8-12H2,(H,18,22). The Morgan fingerprint density at radius 3 is 2.84 bits per heavy atom. The molecule has 1 fully saturated rings. The molecule has 2 N–H and O–H groups in total. The molecule has 1 heterocycles. The zero-order chi connectivity index (χ0) is 18.3. The number of nitrogens with one attached hydrogen (secondary N) is 2. The minimum Gasteiger partial charge on any atom is -0.349 e. The molecular formula is C17H23N3O4S. The number of carbonyl (C=O) groups is 2. The number of nitrogens with zero attached hydrogens (tertiary/aromatic N) is 1. The molecule has 0 aromatic heterocycles. The highest BCUT2D eigenvalue weighted by atomic mass is 32.2. The Morgan fingerprint density at radius 2 is 2.12 bits per heavy atom. The van der Waals surface area contributed by atoms with E-state index in [1.165, 1.54) is 18.2 Å². The summed E-state index contributed by atoms with van der Waals surface area (Å²) < 4.78 is 27.2. The number of piperidine rings is 1. The Kier molecular flexibility index (Phi) is 6.72. The van der Waals surface area contributed by atoms with Gasteiger partial charge < -0.3 is 10.2 Å². The van der Waals surface area contributed by atoms with Crippen LogP contribution in [0.25, 0.3) is 0 Å². The summed E-state index contributed by atoms with van der Waals surface area (Å²) in [5.74, 6) is -0.304. The fourth-order valence-corrected chi connectivity index (χ4v) is 3.63. The molecule has 8 heteroatoms. The SMILES string of the molecule is C=CCNC(=O)c1cccc(S(=O)(=O)NCCN2CCCCC2=O)c1. The van der Waals surface area contributed by atoms with E-state index in [0.29, 0.717) is 26.1 Å². The highest BCUT2D eigenvalue weighted by molar-refractivity contribution is 7.89. The molecule has 0 spiro atoms. The van der Waals surface area contributed by atoms with E-state index in [2.05, 4.69) is 16.6 Å². The van der Waals surface area contributed by atoms with Crippen molar-refractivity contribution >= 4 is 21.8 Å². The van der Waals surface area contributed by atoms with Crippen LogP contribution in [0.15, 0.2) is 41.8 Å². The van der Waals surface area contributed by atoms with Crippen molar-refractivity contribution < 1.29 is 18.0 Å². The highest BCUT2D eigenvalue weighted by Crippen LogP contribution is 2.12. The maximum atomic E-state index is 12.4. The molecular weight excluding hydrogens is 342 g/mol. The molecule has 2 amide bonds. The van der Waals surface area contributed by atoms with Crippen LogP contribution in [-0.4, -0.2) is 51.3 Å². The van der Waals surface area contributed by atoms with Crippen LogP contribution in [-0.2, 0) is 14.8 Å². The molecule has 1 aromatic rings. The Hall–Kier alpha value is -2.19. The van der Waals surface area contributed by atoms with Gasteiger partial charge in [0.05, 0.1) is 4.90 Å². The summed E-state index contributed by atoms with van der Waals surface area (Å²) in [5.41, 5.74) is 0.260. The van der Waals surface area contributed by atoms with Crippen molar-refractivity contribution in [3.8, 4) is 0 Å². The van der Waals surface area contributed by atoms with Crippen molar-refractivity contribution in [2.45, 2.75) is 24.2 Å². The third-order valence-electron chi connectivity index (χ3n) is 3.91. The summed E-state index contributed by atoms with van der Waals surface area (Å²) in [4.78, 5) is 25.3. The summed E-state index contributed by atoms with van der Waals surface area (Å²) in [6, 6.07) is 5.82. The molecule has 25 heavy (non-hydrogen) atoms. The smallest absolute Gasteiger partial charge is 0.251 e. The minimum absolute atomic E-state index is 0.0173. The van der Waals surface area contributed by atoms with Gasteiger partial charge in [-0.15, -0.1) is 6.58 Å². The molecule has 0 saturated carbocycles. The summed E-state index contributed by atoms with van der Waals surface area (Å²) in [5, 5.41) is 2.60. The zero-order valence-electron chi connectivity index (χ0n) is 14.0. The molecule has 0 radical (unpaired) electrons. The van der Waals surface area contributed by atoms with Crippen LogP contribution in [0.4, 0.5) is 0 Å². The first-order chi connectivity index (χ1) is 11.9. The van der Waals surface area contributed by atoms with Gasteiger partial charge in [-0.3, -0.25) is 9.59 Å². The van der Waals surface area contributed by atoms with Gasteiger partial charge in [-0.05, 0) is 31.0 Å². The molecule has 1 aliphatic heterocycles. The predicted molar refractivity (Wildman–Crippen MR) is 94.6 cm³/mol. The quantitative estimate of drug-likeness (QED) is 0.669. The molecule has 0 bridgehead atoms. The molecule has 0 aliphatic carbocycles. The van der Waals surface area contributed by atoms with Crippen molar-refractivity contribution in [2.24, 2.45) is 0 Å². The third-order valence-corrected chi connectivity index (χ3v) is 5.37. The van der Waals surface area contributed by atoms with Gasteiger partial charge in [0.2, 0.25) is 15.9 Å². The fraction of sp³-hybridized carbons (Fsp3) is 0.412. The molecule has 1 aromatic carbocycles. The Balaban J connectivity index is 1.97. The Morgan fingerprint density at radius 1 is 1.32 bits per heavy atom. The van der Waals surface area contributed by atoms with Crippen LogP contribution < -0.4 is 10.0 Å². The van der Waals surface area contributed by atoms with Crippen molar-refractivity contribution in [2.75, 3.05) is 26.2 Å². The summed E-state index contributed by atoms with van der Waals surface area (Å²) in [6.45, 7) is 4.97. The molecule has 2 rings (SSSR count). The van der Waals surface area contributed by atoms with Gasteiger partial charge in [0, 0.05) is 38.2 Å². The summed E-state index contributed by atoms with van der Waals surface area (Å²) in [7, 11) is -3.74. The van der Waals surface area contributed by atoms with Gasteiger partial charge in [-0.1, -0.05) is 12.1 Å². The first-order valence-corrected chi connectivity index (χ1v) is 9.69. The molecule has 1 aliphatic rings. The van der Waals surface area contributed by atoms with Crippen LogP contribution in [0.5, 0.6) is 0 Å². The second-order valence-electron chi connectivity index (χ2n) is 5.76. The second-order valence-corrected chi connectivity index (χ2v) is 7.53.